The van der Waals surface area contributed by atoms with Gasteiger partial charge >= 0.3 is 0 Å². The summed E-state index contributed by atoms with van der Waals surface area (Å²) in [5, 5.41) is 2.96. The molecule has 0 aromatic heterocycles. The van der Waals surface area contributed by atoms with Crippen LogP contribution < -0.4 is 10.1 Å². The predicted molar refractivity (Wildman–Crippen MR) is 79.4 cm³/mol. The zero-order chi connectivity index (χ0) is 14.6. The van der Waals surface area contributed by atoms with Gasteiger partial charge in [-0.15, -0.1) is 12.6 Å². The molecule has 1 aromatic rings. The normalized spacial score (nSPS) is 13.5. The van der Waals surface area contributed by atoms with E-state index in [1.807, 2.05) is 34.6 Å². The van der Waals surface area contributed by atoms with Gasteiger partial charge in [0, 0.05) is 17.8 Å². The molecule has 0 radical (unpaired) electrons. The first-order valence-electron chi connectivity index (χ1n) is 6.25. The molecule has 1 N–H and O–H groups in total. The number of ether oxygens (including phenoxy) is 2. The van der Waals surface area contributed by atoms with E-state index in [0.29, 0.717) is 11.4 Å². The Labute approximate surface area is 119 Å². The van der Waals surface area contributed by atoms with E-state index >= 15 is 0 Å². The summed E-state index contributed by atoms with van der Waals surface area (Å²) in [6.07, 6.45) is 0.0360. The van der Waals surface area contributed by atoms with Crippen molar-refractivity contribution in [3.63, 3.8) is 0 Å². The predicted octanol–water partition coefficient (Wildman–Crippen LogP) is 4.05. The fourth-order valence-electron chi connectivity index (χ4n) is 1.49. The van der Waals surface area contributed by atoms with Gasteiger partial charge in [0.05, 0.1) is 6.10 Å². The third kappa shape index (κ3) is 6.68. The van der Waals surface area contributed by atoms with Crippen molar-refractivity contribution in [2.24, 2.45) is 0 Å². The summed E-state index contributed by atoms with van der Waals surface area (Å²) in [6.45, 7) is 9.55. The van der Waals surface area contributed by atoms with Gasteiger partial charge in [0.15, 0.2) is 5.56 Å². The molecule has 0 amide bonds. The number of rotatable bonds is 5. The summed E-state index contributed by atoms with van der Waals surface area (Å²) in [5.74, 6) is 0.106. The monoisotopic (exact) mass is 287 g/mol. The summed E-state index contributed by atoms with van der Waals surface area (Å²) in [4.78, 5) is 0. The van der Waals surface area contributed by atoms with Gasteiger partial charge in [0.2, 0.25) is 0 Å². The minimum absolute atomic E-state index is 0.0360. The van der Waals surface area contributed by atoms with Gasteiger partial charge in [-0.3, -0.25) is 0 Å². The minimum Gasteiger partial charge on any atom is -0.488 e. The van der Waals surface area contributed by atoms with Gasteiger partial charge < -0.3 is 14.8 Å². The van der Waals surface area contributed by atoms with E-state index in [2.05, 4.69) is 17.9 Å². The summed E-state index contributed by atoms with van der Waals surface area (Å²) in [5.41, 5.74) is -0.302. The average Bonchev–Trinajstić information content (AvgIpc) is 2.10. The molecule has 0 heterocycles. The Kier molecular flexibility index (Phi) is 5.50. The maximum absolute atomic E-state index is 13.5. The van der Waals surface area contributed by atoms with Gasteiger partial charge in [-0.2, -0.15) is 0 Å². The highest BCUT2D eigenvalue weighted by Crippen LogP contribution is 2.25. The Morgan fingerprint density at radius 2 is 1.84 bits per heavy atom. The maximum atomic E-state index is 13.5. The molecule has 0 aliphatic rings. The van der Waals surface area contributed by atoms with Crippen LogP contribution in [0, 0.1) is 5.82 Å². The SMILES string of the molecule is CC(C)OC(S)Nc1cc(F)cc(OC(C)(C)C)c1. The van der Waals surface area contributed by atoms with E-state index in [4.69, 9.17) is 9.47 Å². The molecule has 0 fully saturated rings. The third-order valence-electron chi connectivity index (χ3n) is 1.99. The number of anilines is 1. The smallest absolute Gasteiger partial charge is 0.173 e. The number of thiol groups is 1. The van der Waals surface area contributed by atoms with Gasteiger partial charge in [-0.05, 0) is 40.7 Å². The molecule has 3 nitrogen and oxygen atoms in total. The molecule has 0 aliphatic heterocycles. The number of hydrogen-bond acceptors (Lipinski definition) is 4. The highest BCUT2D eigenvalue weighted by molar-refractivity contribution is 7.80. The van der Waals surface area contributed by atoms with Crippen molar-refractivity contribution in [2.75, 3.05) is 5.32 Å². The van der Waals surface area contributed by atoms with Gasteiger partial charge in [0.25, 0.3) is 0 Å². The van der Waals surface area contributed by atoms with Crippen molar-refractivity contribution >= 4 is 18.3 Å². The van der Waals surface area contributed by atoms with E-state index in [1.165, 1.54) is 12.1 Å². The maximum Gasteiger partial charge on any atom is 0.173 e. The lowest BCUT2D eigenvalue weighted by molar-refractivity contribution is 0.0746. The van der Waals surface area contributed by atoms with E-state index in [-0.39, 0.29) is 17.5 Å². The van der Waals surface area contributed by atoms with Crippen LogP contribution in [-0.4, -0.2) is 17.3 Å². The largest absolute Gasteiger partial charge is 0.488 e. The molecule has 1 rings (SSSR count). The molecule has 1 aromatic carbocycles. The molecule has 0 spiro atoms. The molecule has 19 heavy (non-hydrogen) atoms. The molecule has 108 valence electrons. The van der Waals surface area contributed by atoms with Crippen LogP contribution in [0.1, 0.15) is 34.6 Å². The van der Waals surface area contributed by atoms with Crippen molar-refractivity contribution in [2.45, 2.75) is 51.9 Å². The van der Waals surface area contributed by atoms with E-state index in [1.54, 1.807) is 6.07 Å². The van der Waals surface area contributed by atoms with Crippen LogP contribution in [0.5, 0.6) is 5.75 Å². The third-order valence-corrected chi connectivity index (χ3v) is 2.24. The quantitative estimate of drug-likeness (QED) is 0.632. The molecule has 0 bridgehead atoms. The first kappa shape index (κ1) is 16.1. The van der Waals surface area contributed by atoms with Crippen molar-refractivity contribution in [1.29, 1.82) is 0 Å². The Morgan fingerprint density at radius 1 is 1.21 bits per heavy atom. The number of hydrogen-bond donors (Lipinski definition) is 2. The molecule has 0 saturated heterocycles. The van der Waals surface area contributed by atoms with Crippen LogP contribution in [-0.2, 0) is 4.74 Å². The Balaban J connectivity index is 2.79. The molecular weight excluding hydrogens is 265 g/mol. The van der Waals surface area contributed by atoms with E-state index < -0.39 is 5.56 Å². The minimum atomic E-state index is -0.496. The lowest BCUT2D eigenvalue weighted by Gasteiger charge is -2.23. The van der Waals surface area contributed by atoms with E-state index in [0.717, 1.165) is 0 Å². The van der Waals surface area contributed by atoms with Crippen molar-refractivity contribution in [1.82, 2.24) is 0 Å². The number of benzene rings is 1. The first-order valence-corrected chi connectivity index (χ1v) is 6.77. The van der Waals surface area contributed by atoms with Crippen LogP contribution >= 0.6 is 12.6 Å². The Morgan fingerprint density at radius 3 is 2.37 bits per heavy atom. The van der Waals surface area contributed by atoms with Gasteiger partial charge in [0.1, 0.15) is 17.2 Å². The molecule has 1 unspecified atom stereocenters. The van der Waals surface area contributed by atoms with Crippen molar-refractivity contribution in [3.8, 4) is 5.75 Å². The summed E-state index contributed by atoms with van der Waals surface area (Å²) >= 11 is 4.24. The summed E-state index contributed by atoms with van der Waals surface area (Å²) in [7, 11) is 0. The Hall–Kier alpha value is -0.940. The second kappa shape index (κ2) is 6.48. The second-order valence-corrected chi connectivity index (χ2v) is 6.04. The van der Waals surface area contributed by atoms with Gasteiger partial charge in [-0.25, -0.2) is 4.39 Å². The van der Waals surface area contributed by atoms with Crippen LogP contribution in [0.25, 0.3) is 0 Å². The molecule has 5 heteroatoms. The molecular formula is C14H22FNO2S. The number of nitrogens with one attached hydrogen (secondary N) is 1. The van der Waals surface area contributed by atoms with Crippen LogP contribution in [0.4, 0.5) is 10.1 Å². The highest BCUT2D eigenvalue weighted by atomic mass is 32.1. The molecule has 0 saturated carbocycles. The zero-order valence-electron chi connectivity index (χ0n) is 12.0. The van der Waals surface area contributed by atoms with E-state index in [9.17, 15) is 4.39 Å². The van der Waals surface area contributed by atoms with Crippen molar-refractivity contribution in [3.05, 3.63) is 24.0 Å². The lowest BCUT2D eigenvalue weighted by Crippen LogP contribution is -2.23. The van der Waals surface area contributed by atoms with Crippen LogP contribution in [0.2, 0.25) is 0 Å². The zero-order valence-corrected chi connectivity index (χ0v) is 12.9. The molecule has 0 aliphatic carbocycles. The van der Waals surface area contributed by atoms with Gasteiger partial charge in [-0.1, -0.05) is 0 Å². The highest BCUT2D eigenvalue weighted by Gasteiger charge is 2.14. The fourth-order valence-corrected chi connectivity index (χ4v) is 1.89. The Bertz CT molecular complexity index is 418. The second-order valence-electron chi connectivity index (χ2n) is 5.57. The molecule has 1 atom stereocenters. The average molecular weight is 287 g/mol. The van der Waals surface area contributed by atoms with Crippen molar-refractivity contribution < 1.29 is 13.9 Å². The standard InChI is InChI=1S/C14H22FNO2S/c1-9(2)17-13(19)16-11-6-10(15)7-12(8-11)18-14(3,4)5/h6-9,13,16,19H,1-5H3. The first-order chi connectivity index (χ1) is 8.65. The summed E-state index contributed by atoms with van der Waals surface area (Å²) in [6, 6.07) is 4.46. The summed E-state index contributed by atoms with van der Waals surface area (Å²) < 4.78 is 24.6. The topological polar surface area (TPSA) is 30.5 Å². The fraction of sp³-hybridized carbons (Fsp3) is 0.571. The van der Waals surface area contributed by atoms with Crippen LogP contribution in [0.15, 0.2) is 18.2 Å². The number of halogens is 1. The van der Waals surface area contributed by atoms with Crippen LogP contribution in [0.3, 0.4) is 0 Å². The lowest BCUT2D eigenvalue weighted by atomic mass is 10.2.